The molecule has 2 aromatic carbocycles. The number of rotatable bonds is 7. The molecule has 0 saturated carbocycles. The van der Waals surface area contributed by atoms with E-state index in [4.69, 9.17) is 15.5 Å². The van der Waals surface area contributed by atoms with Crippen LogP contribution in [0, 0.1) is 0 Å². The van der Waals surface area contributed by atoms with Crippen molar-refractivity contribution in [1.82, 2.24) is 4.98 Å². The number of thiophene rings is 1. The fourth-order valence-electron chi connectivity index (χ4n) is 3.43. The van der Waals surface area contributed by atoms with Gasteiger partial charge in [-0.2, -0.15) is 0 Å². The summed E-state index contributed by atoms with van der Waals surface area (Å²) in [5.74, 6) is 0.790. The highest BCUT2D eigenvalue weighted by molar-refractivity contribution is 7.21. The summed E-state index contributed by atoms with van der Waals surface area (Å²) in [4.78, 5) is 30.3. The largest absolute Gasteiger partial charge is 0.497 e. The standard InChI is InChI=1S/C25H22N2O3S/c1-15(28)17-9-6-16(7-10-17)8-13-22(29)24-23(26)20-11-12-21(27-25(20)31-24)18-4-3-5-19(14-18)30-2/h3-7,9-12,14H,8,13,26H2,1-2H3. The van der Waals surface area contributed by atoms with Crippen LogP contribution in [0.1, 0.15) is 38.9 Å². The third-order valence-electron chi connectivity index (χ3n) is 5.21. The van der Waals surface area contributed by atoms with E-state index in [1.165, 1.54) is 18.3 Å². The van der Waals surface area contributed by atoms with Gasteiger partial charge in [-0.15, -0.1) is 11.3 Å². The first-order chi connectivity index (χ1) is 15.0. The molecule has 0 atom stereocenters. The molecule has 0 aliphatic rings. The second-order valence-electron chi connectivity index (χ2n) is 7.30. The fourth-order valence-corrected chi connectivity index (χ4v) is 4.49. The zero-order chi connectivity index (χ0) is 22.0. The lowest BCUT2D eigenvalue weighted by Gasteiger charge is -2.04. The Labute approximate surface area is 184 Å². The van der Waals surface area contributed by atoms with E-state index >= 15 is 0 Å². The first-order valence-corrected chi connectivity index (χ1v) is 10.7. The molecule has 4 rings (SSSR count). The summed E-state index contributed by atoms with van der Waals surface area (Å²) in [5, 5.41) is 0.797. The number of benzene rings is 2. The highest BCUT2D eigenvalue weighted by Crippen LogP contribution is 2.35. The van der Waals surface area contributed by atoms with Gasteiger partial charge in [-0.1, -0.05) is 36.4 Å². The molecular weight excluding hydrogens is 408 g/mol. The number of Topliss-reactive ketones (excluding diaryl/α,β-unsaturated/α-hetero) is 2. The number of hydrogen-bond donors (Lipinski definition) is 1. The average Bonchev–Trinajstić information content (AvgIpc) is 3.13. The molecule has 0 aliphatic heterocycles. The second-order valence-corrected chi connectivity index (χ2v) is 8.30. The highest BCUT2D eigenvalue weighted by atomic mass is 32.1. The van der Waals surface area contributed by atoms with Crippen molar-refractivity contribution in [3.8, 4) is 17.0 Å². The van der Waals surface area contributed by atoms with Crippen LogP contribution in [0.5, 0.6) is 5.75 Å². The van der Waals surface area contributed by atoms with Gasteiger partial charge in [0.15, 0.2) is 11.6 Å². The van der Waals surface area contributed by atoms with Crippen molar-refractivity contribution in [1.29, 1.82) is 0 Å². The lowest BCUT2D eigenvalue weighted by molar-refractivity contribution is 0.0984. The van der Waals surface area contributed by atoms with Gasteiger partial charge in [0, 0.05) is 22.9 Å². The first-order valence-electron chi connectivity index (χ1n) is 9.93. The minimum atomic E-state index is -0.000857. The summed E-state index contributed by atoms with van der Waals surface area (Å²) >= 11 is 1.33. The molecule has 156 valence electrons. The van der Waals surface area contributed by atoms with Crippen molar-refractivity contribution >= 4 is 38.8 Å². The predicted octanol–water partition coefficient (Wildman–Crippen LogP) is 5.57. The van der Waals surface area contributed by atoms with Gasteiger partial charge in [0.2, 0.25) is 0 Å². The molecule has 6 heteroatoms. The van der Waals surface area contributed by atoms with Crippen molar-refractivity contribution in [2.75, 3.05) is 12.8 Å². The van der Waals surface area contributed by atoms with Crippen LogP contribution < -0.4 is 10.5 Å². The first kappa shape index (κ1) is 20.8. The Bertz CT molecular complexity index is 1280. The minimum absolute atomic E-state index is 0.000857. The quantitative estimate of drug-likeness (QED) is 0.388. The Balaban J connectivity index is 1.55. The van der Waals surface area contributed by atoms with Gasteiger partial charge in [0.1, 0.15) is 10.6 Å². The molecule has 0 unspecified atom stereocenters. The van der Waals surface area contributed by atoms with E-state index in [0.717, 1.165) is 32.8 Å². The van der Waals surface area contributed by atoms with Gasteiger partial charge in [-0.05, 0) is 43.2 Å². The molecule has 2 aromatic heterocycles. The number of ether oxygens (including phenoxy) is 1. The number of nitrogens with two attached hydrogens (primary N) is 1. The van der Waals surface area contributed by atoms with Crippen molar-refractivity contribution < 1.29 is 14.3 Å². The van der Waals surface area contributed by atoms with E-state index in [1.54, 1.807) is 19.2 Å². The second kappa shape index (κ2) is 8.70. The number of fused-ring (bicyclic) bond motifs is 1. The van der Waals surface area contributed by atoms with Crippen molar-refractivity contribution in [3.05, 3.63) is 76.7 Å². The summed E-state index contributed by atoms with van der Waals surface area (Å²) in [6.07, 6.45) is 0.937. The van der Waals surface area contributed by atoms with Crippen molar-refractivity contribution in [2.24, 2.45) is 0 Å². The summed E-state index contributed by atoms with van der Waals surface area (Å²) in [7, 11) is 1.63. The smallest absolute Gasteiger partial charge is 0.175 e. The van der Waals surface area contributed by atoms with Gasteiger partial charge in [-0.3, -0.25) is 9.59 Å². The van der Waals surface area contributed by atoms with E-state index < -0.39 is 0 Å². The van der Waals surface area contributed by atoms with Crippen LogP contribution in [0.4, 0.5) is 5.69 Å². The topological polar surface area (TPSA) is 82.3 Å². The molecule has 0 bridgehead atoms. The number of hydrogen-bond acceptors (Lipinski definition) is 6. The molecule has 2 heterocycles. The number of ketones is 2. The monoisotopic (exact) mass is 430 g/mol. The summed E-state index contributed by atoms with van der Waals surface area (Å²) in [5.41, 5.74) is 10.2. The van der Waals surface area contributed by atoms with Gasteiger partial charge >= 0.3 is 0 Å². The summed E-state index contributed by atoms with van der Waals surface area (Å²) in [6, 6.07) is 18.9. The normalized spacial score (nSPS) is 10.9. The molecule has 5 nitrogen and oxygen atoms in total. The fraction of sp³-hybridized carbons (Fsp3) is 0.160. The van der Waals surface area contributed by atoms with E-state index in [2.05, 4.69) is 0 Å². The average molecular weight is 431 g/mol. The maximum absolute atomic E-state index is 12.9. The van der Waals surface area contributed by atoms with Gasteiger partial charge in [0.05, 0.1) is 23.4 Å². The number of carbonyl (C=O) groups is 2. The van der Waals surface area contributed by atoms with Crippen LogP contribution >= 0.6 is 11.3 Å². The Morgan fingerprint density at radius 1 is 1.06 bits per heavy atom. The third kappa shape index (κ3) is 4.34. The molecular formula is C25H22N2O3S. The number of carbonyl (C=O) groups excluding carboxylic acids is 2. The number of aromatic nitrogens is 1. The molecule has 0 radical (unpaired) electrons. The minimum Gasteiger partial charge on any atom is -0.497 e. The molecule has 31 heavy (non-hydrogen) atoms. The van der Waals surface area contributed by atoms with Crippen molar-refractivity contribution in [2.45, 2.75) is 19.8 Å². The van der Waals surface area contributed by atoms with Crippen LogP contribution in [0.3, 0.4) is 0 Å². The number of aryl methyl sites for hydroxylation is 1. The van der Waals surface area contributed by atoms with Crippen LogP contribution in [-0.4, -0.2) is 23.7 Å². The maximum atomic E-state index is 12.9. The molecule has 0 saturated heterocycles. The van der Waals surface area contributed by atoms with Gasteiger partial charge in [0.25, 0.3) is 0 Å². The summed E-state index contributed by atoms with van der Waals surface area (Å²) in [6.45, 7) is 1.54. The van der Waals surface area contributed by atoms with E-state index in [-0.39, 0.29) is 11.6 Å². The predicted molar refractivity (Wildman–Crippen MR) is 125 cm³/mol. The highest BCUT2D eigenvalue weighted by Gasteiger charge is 2.18. The van der Waals surface area contributed by atoms with E-state index in [0.29, 0.717) is 29.0 Å². The molecule has 2 N–H and O–H groups in total. The number of methoxy groups -OCH3 is 1. The zero-order valence-corrected chi connectivity index (χ0v) is 18.2. The Hall–Kier alpha value is -3.51. The molecule has 0 spiro atoms. The maximum Gasteiger partial charge on any atom is 0.175 e. The molecule has 4 aromatic rings. The Kier molecular flexibility index (Phi) is 5.82. The lowest BCUT2D eigenvalue weighted by atomic mass is 10.0. The molecule has 0 fully saturated rings. The van der Waals surface area contributed by atoms with Crippen LogP contribution in [-0.2, 0) is 6.42 Å². The number of pyridine rings is 1. The lowest BCUT2D eigenvalue weighted by Crippen LogP contribution is -2.02. The van der Waals surface area contributed by atoms with Crippen LogP contribution in [0.15, 0.2) is 60.7 Å². The Morgan fingerprint density at radius 3 is 2.55 bits per heavy atom. The van der Waals surface area contributed by atoms with Crippen molar-refractivity contribution in [3.63, 3.8) is 0 Å². The third-order valence-corrected chi connectivity index (χ3v) is 6.37. The van der Waals surface area contributed by atoms with Crippen LogP contribution in [0.2, 0.25) is 0 Å². The zero-order valence-electron chi connectivity index (χ0n) is 17.3. The number of nitrogens with zero attached hydrogens (tertiary/aromatic N) is 1. The molecule has 0 aliphatic carbocycles. The number of anilines is 1. The van der Waals surface area contributed by atoms with Gasteiger partial charge in [-0.25, -0.2) is 4.98 Å². The van der Waals surface area contributed by atoms with E-state index in [9.17, 15) is 9.59 Å². The van der Waals surface area contributed by atoms with E-state index in [1.807, 2.05) is 48.5 Å². The molecule has 0 amide bonds. The Morgan fingerprint density at radius 2 is 1.84 bits per heavy atom. The van der Waals surface area contributed by atoms with Crippen LogP contribution in [0.25, 0.3) is 21.5 Å². The number of nitrogen functional groups attached to an aromatic ring is 1. The van der Waals surface area contributed by atoms with Gasteiger partial charge < -0.3 is 10.5 Å². The summed E-state index contributed by atoms with van der Waals surface area (Å²) < 4.78 is 5.29. The SMILES string of the molecule is COc1cccc(-c2ccc3c(N)c(C(=O)CCc4ccc(C(C)=O)cc4)sc3n2)c1.